The second-order valence-corrected chi connectivity index (χ2v) is 5.58. The lowest BCUT2D eigenvalue weighted by Crippen LogP contribution is -2.14. The molecule has 19 heavy (non-hydrogen) atoms. The van der Waals surface area contributed by atoms with Crippen molar-refractivity contribution in [2.45, 2.75) is 11.8 Å². The highest BCUT2D eigenvalue weighted by atomic mass is 32.2. The van der Waals surface area contributed by atoms with E-state index in [9.17, 15) is 8.42 Å². The van der Waals surface area contributed by atoms with Gasteiger partial charge in [0.15, 0.2) is 5.82 Å². The summed E-state index contributed by atoms with van der Waals surface area (Å²) in [4.78, 5) is 0.0537. The van der Waals surface area contributed by atoms with E-state index in [0.29, 0.717) is 11.1 Å². The van der Waals surface area contributed by atoms with Gasteiger partial charge in [0.05, 0.1) is 28.4 Å². The lowest BCUT2D eigenvalue weighted by atomic mass is 10.1. The highest BCUT2D eigenvalue weighted by molar-refractivity contribution is 7.92. The summed E-state index contributed by atoms with van der Waals surface area (Å²) in [6, 6.07) is 6.22. The molecule has 98 valence electrons. The topological polar surface area (TPSA) is 125 Å². The zero-order chi connectivity index (χ0) is 14.0. The second kappa shape index (κ2) is 4.62. The predicted octanol–water partition coefficient (Wildman–Crippen LogP) is 0.973. The van der Waals surface area contributed by atoms with E-state index in [4.69, 9.17) is 11.0 Å². The van der Waals surface area contributed by atoms with Gasteiger partial charge >= 0.3 is 0 Å². The fraction of sp³-hybridized carbons (Fsp3) is 0.0909. The molecule has 2 aromatic rings. The molecule has 1 aromatic carbocycles. The van der Waals surface area contributed by atoms with Gasteiger partial charge in [-0.25, -0.2) is 8.42 Å². The molecule has 0 radical (unpaired) electrons. The first-order chi connectivity index (χ1) is 8.94. The van der Waals surface area contributed by atoms with Crippen molar-refractivity contribution in [1.82, 2.24) is 10.2 Å². The predicted molar refractivity (Wildman–Crippen MR) is 69.7 cm³/mol. The first kappa shape index (κ1) is 12.9. The van der Waals surface area contributed by atoms with Crippen molar-refractivity contribution < 1.29 is 8.42 Å². The maximum absolute atomic E-state index is 12.1. The molecule has 7 nitrogen and oxygen atoms in total. The average molecular weight is 277 g/mol. The van der Waals surface area contributed by atoms with E-state index in [2.05, 4.69) is 14.9 Å². The molecule has 1 aromatic heterocycles. The molecule has 1 heterocycles. The van der Waals surface area contributed by atoms with Gasteiger partial charge in [-0.15, -0.1) is 0 Å². The molecule has 0 aliphatic rings. The van der Waals surface area contributed by atoms with Gasteiger partial charge in [0.2, 0.25) is 0 Å². The minimum Gasteiger partial charge on any atom is -0.394 e. The van der Waals surface area contributed by atoms with Crippen LogP contribution in [0.4, 0.5) is 11.5 Å². The summed E-state index contributed by atoms with van der Waals surface area (Å²) >= 11 is 0. The molecule has 0 unspecified atom stereocenters. The standard InChI is InChI=1S/C11H11N5O2S/c1-7-4-9(3-2-8(7)5-12)19(17,18)16-11-10(13)6-14-15-11/h2-4,6H,13H2,1H3,(H2,14,15,16). The number of sulfonamides is 1. The number of aromatic nitrogens is 2. The second-order valence-electron chi connectivity index (χ2n) is 3.89. The minimum atomic E-state index is -3.76. The van der Waals surface area contributed by atoms with Crippen LogP contribution in [0.2, 0.25) is 0 Å². The molecule has 0 aliphatic carbocycles. The number of hydrogen-bond acceptors (Lipinski definition) is 5. The summed E-state index contributed by atoms with van der Waals surface area (Å²) in [5.41, 5.74) is 6.76. The van der Waals surface area contributed by atoms with Gasteiger partial charge in [0.25, 0.3) is 10.0 Å². The van der Waals surface area contributed by atoms with Crippen molar-refractivity contribution in [1.29, 1.82) is 5.26 Å². The Labute approximate surface area is 110 Å². The van der Waals surface area contributed by atoms with Crippen molar-refractivity contribution in [2.24, 2.45) is 0 Å². The van der Waals surface area contributed by atoms with Crippen LogP contribution in [0.1, 0.15) is 11.1 Å². The van der Waals surface area contributed by atoms with Gasteiger partial charge in [-0.3, -0.25) is 9.82 Å². The molecule has 0 spiro atoms. The monoisotopic (exact) mass is 277 g/mol. The number of nitrogens with two attached hydrogens (primary N) is 1. The van der Waals surface area contributed by atoms with Gasteiger partial charge < -0.3 is 5.73 Å². The Hall–Kier alpha value is -2.53. The smallest absolute Gasteiger partial charge is 0.263 e. The molecule has 4 N–H and O–H groups in total. The van der Waals surface area contributed by atoms with E-state index in [1.807, 2.05) is 6.07 Å². The van der Waals surface area contributed by atoms with Crippen LogP contribution in [-0.4, -0.2) is 18.6 Å². The first-order valence-electron chi connectivity index (χ1n) is 5.26. The van der Waals surface area contributed by atoms with E-state index in [0.717, 1.165) is 0 Å². The molecule has 0 saturated carbocycles. The lowest BCUT2D eigenvalue weighted by molar-refractivity contribution is 0.601. The number of rotatable bonds is 3. The summed E-state index contributed by atoms with van der Waals surface area (Å²) in [6.07, 6.45) is 1.31. The van der Waals surface area contributed by atoms with Crippen LogP contribution in [0.5, 0.6) is 0 Å². The Morgan fingerprint density at radius 1 is 1.47 bits per heavy atom. The molecule has 0 atom stereocenters. The third kappa shape index (κ3) is 2.51. The third-order valence-corrected chi connectivity index (χ3v) is 3.88. The Bertz CT molecular complexity index is 758. The molecular weight excluding hydrogens is 266 g/mol. The zero-order valence-corrected chi connectivity index (χ0v) is 10.8. The normalized spacial score (nSPS) is 10.9. The lowest BCUT2D eigenvalue weighted by Gasteiger charge is -2.08. The molecule has 8 heteroatoms. The van der Waals surface area contributed by atoms with E-state index < -0.39 is 10.0 Å². The van der Waals surface area contributed by atoms with Gasteiger partial charge in [-0.1, -0.05) is 0 Å². The highest BCUT2D eigenvalue weighted by Crippen LogP contribution is 2.20. The number of nitrogens with zero attached hydrogens (tertiary/aromatic N) is 2. The summed E-state index contributed by atoms with van der Waals surface area (Å²) in [7, 11) is -3.76. The van der Waals surface area contributed by atoms with Crippen LogP contribution in [0, 0.1) is 18.3 Å². The van der Waals surface area contributed by atoms with Gasteiger partial charge in [0.1, 0.15) is 0 Å². The van der Waals surface area contributed by atoms with Crippen LogP contribution in [0.3, 0.4) is 0 Å². The van der Waals surface area contributed by atoms with Crippen LogP contribution >= 0.6 is 0 Å². The fourth-order valence-corrected chi connectivity index (χ4v) is 2.63. The Balaban J connectivity index is 2.38. The maximum atomic E-state index is 12.1. The number of aryl methyl sites for hydroxylation is 1. The van der Waals surface area contributed by atoms with Crippen molar-refractivity contribution >= 4 is 21.5 Å². The van der Waals surface area contributed by atoms with Crippen LogP contribution < -0.4 is 10.5 Å². The van der Waals surface area contributed by atoms with E-state index in [-0.39, 0.29) is 16.4 Å². The number of benzene rings is 1. The van der Waals surface area contributed by atoms with Crippen LogP contribution in [0.25, 0.3) is 0 Å². The van der Waals surface area contributed by atoms with Crippen molar-refractivity contribution in [3.05, 3.63) is 35.5 Å². The number of nitriles is 1. The summed E-state index contributed by atoms with van der Waals surface area (Å²) in [5.74, 6) is 0.113. The number of nitrogen functional groups attached to an aromatic ring is 1. The van der Waals surface area contributed by atoms with Gasteiger partial charge in [-0.05, 0) is 30.7 Å². The number of H-pyrrole nitrogens is 1. The SMILES string of the molecule is Cc1cc(S(=O)(=O)Nc2[nH]ncc2N)ccc1C#N. The van der Waals surface area contributed by atoms with Gasteiger partial charge in [0, 0.05) is 0 Å². The largest absolute Gasteiger partial charge is 0.394 e. The number of nitrogens with one attached hydrogen (secondary N) is 2. The van der Waals surface area contributed by atoms with Gasteiger partial charge in [-0.2, -0.15) is 10.4 Å². The summed E-state index contributed by atoms with van der Waals surface area (Å²) in [6.45, 7) is 1.67. The molecule has 0 amide bonds. The quantitative estimate of drug-likeness (QED) is 0.771. The van der Waals surface area contributed by atoms with Crippen molar-refractivity contribution in [3.8, 4) is 6.07 Å². The van der Waals surface area contributed by atoms with E-state index in [1.54, 1.807) is 6.92 Å². The molecule has 0 fully saturated rings. The van der Waals surface area contributed by atoms with Crippen molar-refractivity contribution in [3.63, 3.8) is 0 Å². The third-order valence-electron chi connectivity index (χ3n) is 2.53. The first-order valence-corrected chi connectivity index (χ1v) is 6.75. The van der Waals surface area contributed by atoms with E-state index in [1.165, 1.54) is 24.4 Å². The molecule has 0 bridgehead atoms. The van der Waals surface area contributed by atoms with Crippen LogP contribution in [0.15, 0.2) is 29.3 Å². The Morgan fingerprint density at radius 2 is 2.21 bits per heavy atom. The Morgan fingerprint density at radius 3 is 2.74 bits per heavy atom. The summed E-state index contributed by atoms with van der Waals surface area (Å²) in [5, 5.41) is 14.9. The number of hydrogen-bond donors (Lipinski definition) is 3. The number of anilines is 2. The fourth-order valence-electron chi connectivity index (χ4n) is 1.50. The maximum Gasteiger partial charge on any atom is 0.263 e. The summed E-state index contributed by atoms with van der Waals surface area (Å²) < 4.78 is 26.5. The molecule has 0 saturated heterocycles. The zero-order valence-electron chi connectivity index (χ0n) is 10.0. The van der Waals surface area contributed by atoms with Crippen LogP contribution in [-0.2, 0) is 10.0 Å². The average Bonchev–Trinajstić information content (AvgIpc) is 2.74. The molecular formula is C11H11N5O2S. The molecule has 0 aliphatic heterocycles. The van der Waals surface area contributed by atoms with Crippen molar-refractivity contribution in [2.75, 3.05) is 10.5 Å². The molecule has 2 rings (SSSR count). The van der Waals surface area contributed by atoms with E-state index >= 15 is 0 Å². The highest BCUT2D eigenvalue weighted by Gasteiger charge is 2.17. The Kier molecular flexibility index (Phi) is 3.14. The number of aromatic amines is 1. The minimum absolute atomic E-state index is 0.0537.